The number of benzene rings is 1. The van der Waals surface area contributed by atoms with Gasteiger partial charge < -0.3 is 25.6 Å². The number of carbonyl (C=O) groups excluding carboxylic acids is 2. The first-order chi connectivity index (χ1) is 12.3. The van der Waals surface area contributed by atoms with Gasteiger partial charge in [0.1, 0.15) is 11.9 Å². The highest BCUT2D eigenvalue weighted by Gasteiger charge is 2.26. The molecule has 0 spiro atoms. The summed E-state index contributed by atoms with van der Waals surface area (Å²) in [4.78, 5) is 26.2. The molecule has 7 nitrogen and oxygen atoms in total. The fraction of sp³-hybridized carbons (Fsp3) is 0.579. The first-order valence-corrected chi connectivity index (χ1v) is 9.05. The van der Waals surface area contributed by atoms with Crippen LogP contribution in [0.25, 0.3) is 0 Å². The molecule has 1 aromatic carbocycles. The van der Waals surface area contributed by atoms with Gasteiger partial charge in [0.25, 0.3) is 0 Å². The summed E-state index contributed by atoms with van der Waals surface area (Å²) >= 11 is 0. The Morgan fingerprint density at radius 2 is 2.12 bits per heavy atom. The molecule has 3 amide bonds. The van der Waals surface area contributed by atoms with Crippen LogP contribution in [0.2, 0.25) is 0 Å². The Morgan fingerprint density at radius 1 is 1.38 bits per heavy atom. The third kappa shape index (κ3) is 5.36. The molecule has 1 heterocycles. The topological polar surface area (TPSA) is 82.7 Å². The Morgan fingerprint density at radius 3 is 2.77 bits per heavy atom. The molecule has 0 saturated carbocycles. The number of fused-ring (bicyclic) bond motifs is 1. The Bertz CT molecular complexity index is 648. The van der Waals surface area contributed by atoms with E-state index in [-0.39, 0.29) is 36.4 Å². The molecule has 2 rings (SSSR count). The number of rotatable bonds is 4. The van der Waals surface area contributed by atoms with Gasteiger partial charge in [0.05, 0.1) is 6.42 Å². The van der Waals surface area contributed by atoms with Gasteiger partial charge in [-0.1, -0.05) is 6.92 Å². The van der Waals surface area contributed by atoms with E-state index in [2.05, 4.69) is 22.9 Å². The molecule has 0 bridgehead atoms. The molecule has 1 aromatic rings. The number of anilines is 1. The number of likely N-dealkylation sites (N-methyl/N-ethyl adjacent to an activating group) is 2. The van der Waals surface area contributed by atoms with E-state index in [1.807, 2.05) is 40.1 Å². The normalized spacial score (nSPS) is 20.5. The monoisotopic (exact) mass is 362 g/mol. The lowest BCUT2D eigenvalue weighted by Crippen LogP contribution is -2.41. The smallest absolute Gasteiger partial charge is 0.319 e. The lowest BCUT2D eigenvalue weighted by molar-refractivity contribution is -0.129. The average Bonchev–Trinajstić information content (AvgIpc) is 2.58. The van der Waals surface area contributed by atoms with Gasteiger partial charge in [0.2, 0.25) is 5.91 Å². The van der Waals surface area contributed by atoms with E-state index >= 15 is 0 Å². The maximum absolute atomic E-state index is 12.5. The molecule has 1 aliphatic heterocycles. The van der Waals surface area contributed by atoms with Gasteiger partial charge in [-0.3, -0.25) is 4.79 Å². The van der Waals surface area contributed by atoms with E-state index in [4.69, 9.17) is 4.74 Å². The van der Waals surface area contributed by atoms with Crippen molar-refractivity contribution < 1.29 is 14.3 Å². The molecule has 3 N–H and O–H groups in total. The van der Waals surface area contributed by atoms with E-state index in [1.165, 1.54) is 0 Å². The molecule has 0 unspecified atom stereocenters. The van der Waals surface area contributed by atoms with Crippen molar-refractivity contribution in [3.63, 3.8) is 0 Å². The van der Waals surface area contributed by atoms with Crippen LogP contribution in [-0.2, 0) is 11.2 Å². The van der Waals surface area contributed by atoms with Crippen molar-refractivity contribution in [2.24, 2.45) is 5.92 Å². The summed E-state index contributed by atoms with van der Waals surface area (Å²) in [5, 5.41) is 8.74. The second kappa shape index (κ2) is 8.89. The summed E-state index contributed by atoms with van der Waals surface area (Å²) in [6, 6.07) is 5.22. The third-order valence-corrected chi connectivity index (χ3v) is 4.39. The van der Waals surface area contributed by atoms with Crippen molar-refractivity contribution in [3.8, 4) is 5.75 Å². The second-order valence-electron chi connectivity index (χ2n) is 7.22. The standard InChI is InChI=1S/C19H30N4O3/c1-12(2)21-19(25)22-15-6-7-16-14(8-15)9-18(24)23(5)11-13(3)17(26-16)10-20-4/h6-8,12-13,17,20H,9-11H2,1-5H3,(H2,21,22,25)/t13-,17+/m0/s1. The van der Waals surface area contributed by atoms with E-state index in [9.17, 15) is 9.59 Å². The van der Waals surface area contributed by atoms with Gasteiger partial charge in [0, 0.05) is 43.3 Å². The molecule has 0 aliphatic carbocycles. The van der Waals surface area contributed by atoms with Gasteiger partial charge in [-0.25, -0.2) is 4.79 Å². The van der Waals surface area contributed by atoms with Crippen LogP contribution in [0.1, 0.15) is 26.3 Å². The highest BCUT2D eigenvalue weighted by molar-refractivity contribution is 5.90. The van der Waals surface area contributed by atoms with Crippen LogP contribution >= 0.6 is 0 Å². The lowest BCUT2D eigenvalue weighted by atomic mass is 10.0. The Kier molecular flexibility index (Phi) is 6.85. The first-order valence-electron chi connectivity index (χ1n) is 9.05. The van der Waals surface area contributed by atoms with Crippen LogP contribution in [0.15, 0.2) is 18.2 Å². The molecule has 26 heavy (non-hydrogen) atoms. The number of hydrogen-bond donors (Lipinski definition) is 3. The van der Waals surface area contributed by atoms with Crippen molar-refractivity contribution >= 4 is 17.6 Å². The zero-order valence-corrected chi connectivity index (χ0v) is 16.3. The number of carbonyl (C=O) groups is 2. The molecule has 7 heteroatoms. The van der Waals surface area contributed by atoms with Crippen molar-refractivity contribution in [1.29, 1.82) is 0 Å². The predicted molar refractivity (Wildman–Crippen MR) is 103 cm³/mol. The SMILES string of the molecule is CNC[C@H]1Oc2ccc(NC(=O)NC(C)C)cc2CC(=O)N(C)C[C@@H]1C. The largest absolute Gasteiger partial charge is 0.488 e. The summed E-state index contributed by atoms with van der Waals surface area (Å²) in [6.45, 7) is 7.22. The zero-order valence-electron chi connectivity index (χ0n) is 16.3. The molecule has 0 fully saturated rings. The Labute approximate surface area is 155 Å². The highest BCUT2D eigenvalue weighted by atomic mass is 16.5. The van der Waals surface area contributed by atoms with Crippen LogP contribution in [0, 0.1) is 5.92 Å². The molecule has 144 valence electrons. The lowest BCUT2D eigenvalue weighted by Gasteiger charge is -2.27. The average molecular weight is 362 g/mol. The van der Waals surface area contributed by atoms with Gasteiger partial charge >= 0.3 is 6.03 Å². The van der Waals surface area contributed by atoms with Crippen LogP contribution in [0.3, 0.4) is 0 Å². The Balaban J connectivity index is 2.28. The third-order valence-electron chi connectivity index (χ3n) is 4.39. The van der Waals surface area contributed by atoms with Crippen LogP contribution in [-0.4, -0.2) is 56.2 Å². The Hall–Kier alpha value is -2.28. The van der Waals surface area contributed by atoms with Crippen LogP contribution < -0.4 is 20.7 Å². The molecule has 1 aliphatic rings. The van der Waals surface area contributed by atoms with Crippen molar-refractivity contribution in [2.75, 3.05) is 32.5 Å². The summed E-state index contributed by atoms with van der Waals surface area (Å²) in [6.07, 6.45) is 0.196. The van der Waals surface area contributed by atoms with Gasteiger partial charge in [-0.15, -0.1) is 0 Å². The molecule has 0 radical (unpaired) electrons. The number of amides is 3. The molecular weight excluding hydrogens is 332 g/mol. The van der Waals surface area contributed by atoms with E-state index in [0.717, 1.165) is 5.56 Å². The van der Waals surface area contributed by atoms with Crippen molar-refractivity contribution in [1.82, 2.24) is 15.5 Å². The summed E-state index contributed by atoms with van der Waals surface area (Å²) in [7, 11) is 3.71. The predicted octanol–water partition coefficient (Wildman–Crippen LogP) is 1.83. The van der Waals surface area contributed by atoms with E-state index < -0.39 is 0 Å². The fourth-order valence-electron chi connectivity index (χ4n) is 3.01. The second-order valence-corrected chi connectivity index (χ2v) is 7.22. The first kappa shape index (κ1) is 20.0. The summed E-state index contributed by atoms with van der Waals surface area (Å²) in [5.41, 5.74) is 1.41. The fourth-order valence-corrected chi connectivity index (χ4v) is 3.01. The molecular formula is C19H30N4O3. The van der Waals surface area contributed by atoms with E-state index in [1.54, 1.807) is 11.0 Å². The van der Waals surface area contributed by atoms with E-state index in [0.29, 0.717) is 24.5 Å². The van der Waals surface area contributed by atoms with Gasteiger partial charge in [-0.05, 0) is 39.1 Å². The number of nitrogens with zero attached hydrogens (tertiary/aromatic N) is 1. The number of ether oxygens (including phenoxy) is 1. The van der Waals surface area contributed by atoms with Gasteiger partial charge in [-0.2, -0.15) is 0 Å². The molecule has 0 saturated heterocycles. The number of hydrogen-bond acceptors (Lipinski definition) is 4. The number of nitrogens with one attached hydrogen (secondary N) is 3. The zero-order chi connectivity index (χ0) is 19.3. The summed E-state index contributed by atoms with van der Waals surface area (Å²) < 4.78 is 6.22. The summed E-state index contributed by atoms with van der Waals surface area (Å²) in [5.74, 6) is 0.920. The maximum atomic E-state index is 12.5. The van der Waals surface area contributed by atoms with Crippen molar-refractivity contribution in [2.45, 2.75) is 39.3 Å². The highest BCUT2D eigenvalue weighted by Crippen LogP contribution is 2.28. The minimum absolute atomic E-state index is 0.0376. The van der Waals surface area contributed by atoms with Crippen LogP contribution in [0.5, 0.6) is 5.75 Å². The van der Waals surface area contributed by atoms with Crippen molar-refractivity contribution in [3.05, 3.63) is 23.8 Å². The quantitative estimate of drug-likeness (QED) is 0.763. The maximum Gasteiger partial charge on any atom is 0.319 e. The minimum atomic E-state index is -0.269. The molecule has 0 aromatic heterocycles. The van der Waals surface area contributed by atoms with Crippen LogP contribution in [0.4, 0.5) is 10.5 Å². The molecule has 2 atom stereocenters. The van der Waals surface area contributed by atoms with Gasteiger partial charge in [0.15, 0.2) is 0 Å². The number of urea groups is 1. The minimum Gasteiger partial charge on any atom is -0.488 e.